The SMILES string of the molecule is Cc1ccc(S(=O)(=O)c2ccc(NC(=O)/C=C/c3cccnc3)cc2)s1. The Morgan fingerprint density at radius 2 is 1.88 bits per heavy atom. The fourth-order valence-electron chi connectivity index (χ4n) is 2.22. The van der Waals surface area contributed by atoms with Crippen LogP contribution in [0, 0.1) is 6.92 Å². The fourth-order valence-corrected chi connectivity index (χ4v) is 4.91. The Balaban J connectivity index is 1.70. The van der Waals surface area contributed by atoms with Gasteiger partial charge in [-0.05, 0) is 61.0 Å². The number of hydrogen-bond acceptors (Lipinski definition) is 5. The number of carbonyl (C=O) groups is 1. The normalized spacial score (nSPS) is 11.6. The number of rotatable bonds is 5. The molecule has 0 radical (unpaired) electrons. The van der Waals surface area contributed by atoms with Gasteiger partial charge in [-0.3, -0.25) is 9.78 Å². The highest BCUT2D eigenvalue weighted by atomic mass is 32.2. The molecule has 2 heterocycles. The summed E-state index contributed by atoms with van der Waals surface area (Å²) in [6, 6.07) is 13.1. The van der Waals surface area contributed by atoms with Gasteiger partial charge in [-0.1, -0.05) is 6.07 Å². The van der Waals surface area contributed by atoms with Crippen LogP contribution in [0.4, 0.5) is 5.69 Å². The summed E-state index contributed by atoms with van der Waals surface area (Å²) in [5.41, 5.74) is 1.34. The van der Waals surface area contributed by atoms with E-state index in [4.69, 9.17) is 0 Å². The van der Waals surface area contributed by atoms with E-state index in [9.17, 15) is 13.2 Å². The van der Waals surface area contributed by atoms with Gasteiger partial charge in [0.25, 0.3) is 0 Å². The van der Waals surface area contributed by atoms with E-state index >= 15 is 0 Å². The lowest BCUT2D eigenvalue weighted by atomic mass is 10.2. The second-order valence-corrected chi connectivity index (χ2v) is 8.97. The van der Waals surface area contributed by atoms with Gasteiger partial charge in [-0.25, -0.2) is 8.42 Å². The Bertz CT molecular complexity index is 1040. The van der Waals surface area contributed by atoms with Gasteiger partial charge in [-0.15, -0.1) is 11.3 Å². The van der Waals surface area contributed by atoms with E-state index in [1.807, 2.05) is 13.0 Å². The number of benzene rings is 1. The maximum atomic E-state index is 12.5. The van der Waals surface area contributed by atoms with E-state index in [1.165, 1.54) is 29.5 Å². The molecule has 0 aliphatic rings. The van der Waals surface area contributed by atoms with Gasteiger partial charge in [0.15, 0.2) is 0 Å². The number of anilines is 1. The molecule has 5 nitrogen and oxygen atoms in total. The first kappa shape index (κ1) is 18.0. The number of thiophene rings is 1. The van der Waals surface area contributed by atoms with E-state index < -0.39 is 9.84 Å². The number of pyridine rings is 1. The Labute approximate surface area is 156 Å². The van der Waals surface area contributed by atoms with Gasteiger partial charge >= 0.3 is 0 Å². The predicted molar refractivity (Wildman–Crippen MR) is 103 cm³/mol. The minimum atomic E-state index is -3.52. The second kappa shape index (κ2) is 7.63. The molecule has 0 spiro atoms. The predicted octanol–water partition coefficient (Wildman–Crippen LogP) is 3.94. The van der Waals surface area contributed by atoms with Crippen molar-refractivity contribution in [2.24, 2.45) is 0 Å². The van der Waals surface area contributed by atoms with E-state index in [0.29, 0.717) is 9.90 Å². The summed E-state index contributed by atoms with van der Waals surface area (Å²) in [6.07, 6.45) is 6.36. The highest BCUT2D eigenvalue weighted by molar-refractivity contribution is 7.93. The van der Waals surface area contributed by atoms with Crippen molar-refractivity contribution in [1.82, 2.24) is 4.98 Å². The van der Waals surface area contributed by atoms with Gasteiger partial charge in [0.2, 0.25) is 15.7 Å². The van der Waals surface area contributed by atoms with Crippen LogP contribution in [-0.4, -0.2) is 19.3 Å². The lowest BCUT2D eigenvalue weighted by molar-refractivity contribution is -0.111. The van der Waals surface area contributed by atoms with Crippen LogP contribution in [0.25, 0.3) is 6.08 Å². The molecule has 0 fully saturated rings. The first-order valence-corrected chi connectivity index (χ1v) is 10.1. The summed E-state index contributed by atoms with van der Waals surface area (Å²) in [4.78, 5) is 17.1. The van der Waals surface area contributed by atoms with Gasteiger partial charge in [0, 0.05) is 29.0 Å². The Kier molecular flexibility index (Phi) is 5.29. The molecule has 0 unspecified atom stereocenters. The van der Waals surface area contributed by atoms with Crippen LogP contribution in [0.15, 0.2) is 76.1 Å². The highest BCUT2D eigenvalue weighted by Crippen LogP contribution is 2.28. The lowest BCUT2D eigenvalue weighted by Crippen LogP contribution is -2.08. The average molecular weight is 384 g/mol. The summed E-state index contributed by atoms with van der Waals surface area (Å²) < 4.78 is 25.4. The molecule has 0 bridgehead atoms. The van der Waals surface area contributed by atoms with Crippen molar-refractivity contribution >= 4 is 38.8 Å². The van der Waals surface area contributed by atoms with Gasteiger partial charge in [0.1, 0.15) is 4.21 Å². The van der Waals surface area contributed by atoms with Crippen LogP contribution in [0.1, 0.15) is 10.4 Å². The van der Waals surface area contributed by atoms with Gasteiger partial charge in [-0.2, -0.15) is 0 Å². The van der Waals surface area contributed by atoms with Crippen molar-refractivity contribution in [3.8, 4) is 0 Å². The zero-order valence-electron chi connectivity index (χ0n) is 13.9. The maximum Gasteiger partial charge on any atom is 0.248 e. The first-order chi connectivity index (χ1) is 12.4. The zero-order chi connectivity index (χ0) is 18.6. The molecule has 1 N–H and O–H groups in total. The van der Waals surface area contributed by atoms with Crippen molar-refractivity contribution in [3.63, 3.8) is 0 Å². The quantitative estimate of drug-likeness (QED) is 0.676. The number of nitrogens with zero attached hydrogens (tertiary/aromatic N) is 1. The molecule has 3 aromatic rings. The molecule has 26 heavy (non-hydrogen) atoms. The van der Waals surface area contributed by atoms with Crippen molar-refractivity contribution in [2.75, 3.05) is 5.32 Å². The number of carbonyl (C=O) groups excluding carboxylic acids is 1. The third-order valence-electron chi connectivity index (χ3n) is 3.52. The molecule has 1 aromatic carbocycles. The molecular formula is C19H16N2O3S2. The number of amides is 1. The third kappa shape index (κ3) is 4.25. The molecule has 0 atom stereocenters. The summed E-state index contributed by atoms with van der Waals surface area (Å²) in [7, 11) is -3.52. The van der Waals surface area contributed by atoms with Gasteiger partial charge < -0.3 is 5.32 Å². The topological polar surface area (TPSA) is 76.1 Å². The fraction of sp³-hybridized carbons (Fsp3) is 0.0526. The largest absolute Gasteiger partial charge is 0.323 e. The monoisotopic (exact) mass is 384 g/mol. The van der Waals surface area contributed by atoms with Crippen LogP contribution < -0.4 is 5.32 Å². The van der Waals surface area contributed by atoms with Gasteiger partial charge in [0.05, 0.1) is 4.90 Å². The van der Waals surface area contributed by atoms with Crippen molar-refractivity contribution in [3.05, 3.63) is 77.4 Å². The minimum Gasteiger partial charge on any atom is -0.323 e. The number of hydrogen-bond donors (Lipinski definition) is 1. The number of sulfone groups is 1. The van der Waals surface area contributed by atoms with Crippen LogP contribution in [0.3, 0.4) is 0 Å². The average Bonchev–Trinajstić information content (AvgIpc) is 3.09. The standard InChI is InChI=1S/C19H16N2O3S2/c1-14-4-11-19(25-14)26(23,24)17-8-6-16(7-9-17)21-18(22)10-5-15-3-2-12-20-13-15/h2-13H,1H3,(H,21,22)/b10-5+. The van der Waals surface area contributed by atoms with Crippen LogP contribution in [-0.2, 0) is 14.6 Å². The Morgan fingerprint density at radius 3 is 2.50 bits per heavy atom. The van der Waals surface area contributed by atoms with E-state index in [1.54, 1.807) is 48.8 Å². The number of aromatic nitrogens is 1. The molecule has 0 aliphatic heterocycles. The summed E-state index contributed by atoms with van der Waals surface area (Å²) >= 11 is 1.24. The van der Waals surface area contributed by atoms with Crippen molar-refractivity contribution < 1.29 is 13.2 Å². The van der Waals surface area contributed by atoms with Crippen molar-refractivity contribution in [2.45, 2.75) is 16.0 Å². The molecule has 1 amide bonds. The third-order valence-corrected chi connectivity index (χ3v) is 6.79. The van der Waals surface area contributed by atoms with Crippen LogP contribution in [0.5, 0.6) is 0 Å². The van der Waals surface area contributed by atoms with Crippen LogP contribution >= 0.6 is 11.3 Å². The number of nitrogens with one attached hydrogen (secondary N) is 1. The Morgan fingerprint density at radius 1 is 1.12 bits per heavy atom. The Hall–Kier alpha value is -2.77. The van der Waals surface area contributed by atoms with E-state index in [-0.39, 0.29) is 10.8 Å². The van der Waals surface area contributed by atoms with E-state index in [0.717, 1.165) is 10.4 Å². The van der Waals surface area contributed by atoms with E-state index in [2.05, 4.69) is 10.3 Å². The smallest absolute Gasteiger partial charge is 0.248 e. The summed E-state index contributed by atoms with van der Waals surface area (Å²) in [5, 5.41) is 2.70. The molecule has 7 heteroatoms. The maximum absolute atomic E-state index is 12.5. The lowest BCUT2D eigenvalue weighted by Gasteiger charge is -2.05. The first-order valence-electron chi connectivity index (χ1n) is 7.76. The number of aryl methyl sites for hydroxylation is 1. The molecule has 0 saturated carbocycles. The summed E-state index contributed by atoms with van der Waals surface area (Å²) in [5.74, 6) is -0.307. The zero-order valence-corrected chi connectivity index (χ0v) is 15.5. The summed E-state index contributed by atoms with van der Waals surface area (Å²) in [6.45, 7) is 1.86. The molecule has 0 aliphatic carbocycles. The molecule has 3 rings (SSSR count). The molecular weight excluding hydrogens is 368 g/mol. The van der Waals surface area contributed by atoms with Crippen LogP contribution in [0.2, 0.25) is 0 Å². The molecule has 2 aromatic heterocycles. The highest BCUT2D eigenvalue weighted by Gasteiger charge is 2.19. The molecule has 132 valence electrons. The second-order valence-electron chi connectivity index (χ2n) is 5.50. The molecule has 0 saturated heterocycles. The van der Waals surface area contributed by atoms with Crippen molar-refractivity contribution in [1.29, 1.82) is 0 Å². The minimum absolute atomic E-state index is 0.197.